The summed E-state index contributed by atoms with van der Waals surface area (Å²) in [6, 6.07) is 15.8. The average Bonchev–Trinajstić information content (AvgIpc) is 2.68. The second-order valence-corrected chi connectivity index (χ2v) is 8.05. The highest BCUT2D eigenvalue weighted by molar-refractivity contribution is 7.90. The van der Waals surface area contributed by atoms with Crippen molar-refractivity contribution in [2.75, 3.05) is 0 Å². The number of sulfone groups is 1. The van der Waals surface area contributed by atoms with Crippen molar-refractivity contribution in [3.63, 3.8) is 0 Å². The van der Waals surface area contributed by atoms with E-state index < -0.39 is 15.8 Å². The molecule has 2 aromatic carbocycles. The van der Waals surface area contributed by atoms with Gasteiger partial charge in [0.15, 0.2) is 9.84 Å². The lowest BCUT2D eigenvalue weighted by atomic mass is 10.1. The quantitative estimate of drug-likeness (QED) is 0.618. The third kappa shape index (κ3) is 4.63. The van der Waals surface area contributed by atoms with Crippen LogP contribution in [-0.2, 0) is 15.6 Å². The summed E-state index contributed by atoms with van der Waals surface area (Å²) >= 11 is 0. The Morgan fingerprint density at radius 3 is 2.29 bits per heavy atom. The molecular formula is C21H17NO5S. The number of hydrogen-bond acceptors (Lipinski definition) is 5. The highest BCUT2D eigenvalue weighted by atomic mass is 32.2. The van der Waals surface area contributed by atoms with E-state index in [1.54, 1.807) is 54.7 Å². The molecule has 28 heavy (non-hydrogen) atoms. The predicted molar refractivity (Wildman–Crippen MR) is 106 cm³/mol. The van der Waals surface area contributed by atoms with Gasteiger partial charge in [-0.1, -0.05) is 36.4 Å². The smallest absolute Gasteiger partial charge is 0.339 e. The summed E-state index contributed by atoms with van der Waals surface area (Å²) in [5.41, 5.74) is 1.65. The van der Waals surface area contributed by atoms with Crippen molar-refractivity contribution in [1.29, 1.82) is 0 Å². The topological polar surface area (TPSA) is 105 Å². The number of nitrogens with zero attached hydrogens (tertiary/aromatic N) is 1. The maximum absolute atomic E-state index is 12.5. The van der Waals surface area contributed by atoms with Crippen molar-refractivity contribution in [3.05, 3.63) is 89.2 Å². The molecule has 0 unspecified atom stereocenters. The molecule has 0 amide bonds. The van der Waals surface area contributed by atoms with Crippen molar-refractivity contribution in [2.45, 2.75) is 10.6 Å². The van der Waals surface area contributed by atoms with E-state index >= 15 is 0 Å². The minimum Gasteiger partial charge on any atom is -0.507 e. The summed E-state index contributed by atoms with van der Waals surface area (Å²) in [6.45, 7) is 0. The number of aromatic carboxylic acids is 1. The lowest BCUT2D eigenvalue weighted by Crippen LogP contribution is -2.06. The normalized spacial score (nSPS) is 11.6. The Morgan fingerprint density at radius 1 is 0.964 bits per heavy atom. The number of benzene rings is 2. The van der Waals surface area contributed by atoms with Gasteiger partial charge in [-0.05, 0) is 47.5 Å². The monoisotopic (exact) mass is 395 g/mol. The van der Waals surface area contributed by atoms with Crippen molar-refractivity contribution in [1.82, 2.24) is 4.98 Å². The molecule has 1 heterocycles. The minimum absolute atomic E-state index is 0.172. The molecule has 0 aliphatic carbocycles. The number of carboxylic acid groups (broad SMARTS) is 1. The Hall–Kier alpha value is -3.45. The SMILES string of the molecule is O=C(O)c1cc(/C=C/c2ccc(S(=O)(=O)Cc3ccccn3)cc2)ccc1O. The Balaban J connectivity index is 1.77. The van der Waals surface area contributed by atoms with Gasteiger partial charge in [0.25, 0.3) is 0 Å². The van der Waals surface area contributed by atoms with E-state index in [9.17, 15) is 18.3 Å². The van der Waals surface area contributed by atoms with Crippen LogP contribution >= 0.6 is 0 Å². The number of rotatable bonds is 6. The first-order chi connectivity index (χ1) is 13.3. The molecule has 7 heteroatoms. The fourth-order valence-electron chi connectivity index (χ4n) is 2.57. The van der Waals surface area contributed by atoms with Crippen LogP contribution in [0.15, 0.2) is 71.8 Å². The van der Waals surface area contributed by atoms with Crippen LogP contribution in [0.3, 0.4) is 0 Å². The molecule has 3 rings (SSSR count). The van der Waals surface area contributed by atoms with Gasteiger partial charge in [0.2, 0.25) is 0 Å². The number of phenols is 1. The van der Waals surface area contributed by atoms with E-state index in [1.807, 2.05) is 0 Å². The number of carboxylic acids is 1. The van der Waals surface area contributed by atoms with Crippen LogP contribution < -0.4 is 0 Å². The first-order valence-electron chi connectivity index (χ1n) is 8.32. The van der Waals surface area contributed by atoms with Crippen molar-refractivity contribution < 1.29 is 23.4 Å². The zero-order valence-electron chi connectivity index (χ0n) is 14.7. The second-order valence-electron chi connectivity index (χ2n) is 6.06. The number of hydrogen-bond donors (Lipinski definition) is 2. The number of aromatic nitrogens is 1. The van der Waals surface area contributed by atoms with Gasteiger partial charge in [-0.15, -0.1) is 0 Å². The summed E-state index contributed by atoms with van der Waals surface area (Å²) in [5.74, 6) is -1.68. The lowest BCUT2D eigenvalue weighted by Gasteiger charge is -2.05. The molecule has 0 aliphatic rings. The van der Waals surface area contributed by atoms with Crippen LogP contribution in [0.1, 0.15) is 27.2 Å². The largest absolute Gasteiger partial charge is 0.507 e. The van der Waals surface area contributed by atoms with Crippen LogP contribution in [0.25, 0.3) is 12.2 Å². The molecule has 0 bridgehead atoms. The van der Waals surface area contributed by atoms with E-state index in [0.29, 0.717) is 11.3 Å². The fourth-order valence-corrected chi connectivity index (χ4v) is 3.85. The van der Waals surface area contributed by atoms with E-state index in [1.165, 1.54) is 24.3 Å². The van der Waals surface area contributed by atoms with Gasteiger partial charge >= 0.3 is 5.97 Å². The van der Waals surface area contributed by atoms with Gasteiger partial charge in [-0.3, -0.25) is 4.98 Å². The standard InChI is InChI=1S/C21H17NO5S/c23-20-11-8-16(13-19(20)21(24)25)5-4-15-6-9-18(10-7-15)28(26,27)14-17-3-1-2-12-22-17/h1-13,23H,14H2,(H,24,25)/b5-4+. The van der Waals surface area contributed by atoms with E-state index in [0.717, 1.165) is 5.56 Å². The van der Waals surface area contributed by atoms with E-state index in [2.05, 4.69) is 4.98 Å². The van der Waals surface area contributed by atoms with Gasteiger partial charge in [-0.2, -0.15) is 0 Å². The zero-order valence-corrected chi connectivity index (χ0v) is 15.5. The molecule has 0 spiro atoms. The van der Waals surface area contributed by atoms with Crippen LogP contribution in [0.4, 0.5) is 0 Å². The van der Waals surface area contributed by atoms with Gasteiger partial charge in [0, 0.05) is 6.20 Å². The molecule has 142 valence electrons. The highest BCUT2D eigenvalue weighted by Gasteiger charge is 2.15. The molecule has 2 N–H and O–H groups in total. The summed E-state index contributed by atoms with van der Waals surface area (Å²) < 4.78 is 25.0. The van der Waals surface area contributed by atoms with Crippen LogP contribution in [0.2, 0.25) is 0 Å². The predicted octanol–water partition coefficient (Wildman–Crippen LogP) is 3.63. The highest BCUT2D eigenvalue weighted by Crippen LogP contribution is 2.21. The first kappa shape index (κ1) is 19.3. The summed E-state index contributed by atoms with van der Waals surface area (Å²) in [7, 11) is -3.50. The Kier molecular flexibility index (Phi) is 5.56. The third-order valence-electron chi connectivity index (χ3n) is 4.02. The Labute approximate surface area is 162 Å². The summed E-state index contributed by atoms with van der Waals surface area (Å²) in [5, 5.41) is 18.6. The zero-order chi connectivity index (χ0) is 20.1. The van der Waals surface area contributed by atoms with Crippen molar-refractivity contribution in [2.24, 2.45) is 0 Å². The van der Waals surface area contributed by atoms with Crippen LogP contribution in [-0.4, -0.2) is 29.6 Å². The lowest BCUT2D eigenvalue weighted by molar-refractivity contribution is 0.0693. The number of aromatic hydroxyl groups is 1. The number of pyridine rings is 1. The molecule has 0 saturated heterocycles. The van der Waals surface area contributed by atoms with Crippen LogP contribution in [0.5, 0.6) is 5.75 Å². The molecule has 1 aromatic heterocycles. The Morgan fingerprint density at radius 2 is 1.64 bits per heavy atom. The van der Waals surface area contributed by atoms with Crippen molar-refractivity contribution >= 4 is 28.0 Å². The molecular weight excluding hydrogens is 378 g/mol. The fraction of sp³-hybridized carbons (Fsp3) is 0.0476. The molecule has 0 aliphatic heterocycles. The first-order valence-corrected chi connectivity index (χ1v) is 9.97. The molecule has 0 fully saturated rings. The molecule has 0 atom stereocenters. The molecule has 3 aromatic rings. The minimum atomic E-state index is -3.50. The van der Waals surface area contributed by atoms with Gasteiger partial charge in [-0.25, -0.2) is 13.2 Å². The van der Waals surface area contributed by atoms with Gasteiger partial charge < -0.3 is 10.2 Å². The van der Waals surface area contributed by atoms with E-state index in [-0.39, 0.29) is 22.0 Å². The molecule has 0 saturated carbocycles. The maximum Gasteiger partial charge on any atom is 0.339 e. The third-order valence-corrected chi connectivity index (χ3v) is 5.69. The molecule has 0 radical (unpaired) electrons. The summed E-state index contributed by atoms with van der Waals surface area (Å²) in [6.07, 6.45) is 4.97. The van der Waals surface area contributed by atoms with Gasteiger partial charge in [0.1, 0.15) is 11.3 Å². The Bertz CT molecular complexity index is 1120. The van der Waals surface area contributed by atoms with Crippen LogP contribution in [0, 0.1) is 0 Å². The van der Waals surface area contributed by atoms with Gasteiger partial charge in [0.05, 0.1) is 16.3 Å². The maximum atomic E-state index is 12.5. The van der Waals surface area contributed by atoms with Crippen molar-refractivity contribution in [3.8, 4) is 5.75 Å². The summed E-state index contributed by atoms with van der Waals surface area (Å²) in [4.78, 5) is 15.3. The van der Waals surface area contributed by atoms with E-state index in [4.69, 9.17) is 5.11 Å². The molecule has 6 nitrogen and oxygen atoms in total. The average molecular weight is 395 g/mol. The number of carbonyl (C=O) groups is 1. The second kappa shape index (κ2) is 8.06.